The Bertz CT molecular complexity index is 76.2. The molecule has 0 amide bonds. The van der Waals surface area contributed by atoms with Crippen molar-refractivity contribution in [3.05, 3.63) is 12.2 Å². The van der Waals surface area contributed by atoms with Crippen LogP contribution in [-0.4, -0.2) is 8.80 Å². The van der Waals surface area contributed by atoms with E-state index in [0.717, 1.165) is 0 Å². The van der Waals surface area contributed by atoms with Gasteiger partial charge in [0.15, 0.2) is 0 Å². The lowest BCUT2D eigenvalue weighted by molar-refractivity contribution is 1.14. The Morgan fingerprint density at radius 3 is 2.57 bits per heavy atom. The van der Waals surface area contributed by atoms with E-state index < -0.39 is 0 Å². The van der Waals surface area contributed by atoms with Crippen molar-refractivity contribution in [1.29, 1.82) is 0 Å². The topological polar surface area (TPSA) is 0 Å². The summed E-state index contributed by atoms with van der Waals surface area (Å²) >= 11 is 0. The molecular formula is C6H11Si. The zero-order chi connectivity index (χ0) is 5.11. The Morgan fingerprint density at radius 1 is 1.43 bits per heavy atom. The van der Waals surface area contributed by atoms with Gasteiger partial charge >= 0.3 is 0 Å². The van der Waals surface area contributed by atoms with Crippen molar-refractivity contribution in [3.8, 4) is 0 Å². The van der Waals surface area contributed by atoms with E-state index in [-0.39, 0.29) is 8.80 Å². The number of allylic oxidation sites excluding steroid dienone is 2. The molecule has 0 saturated heterocycles. The molecule has 0 aromatic rings. The number of rotatable bonds is 0. The lowest BCUT2D eigenvalue weighted by atomic mass is 10.4. The van der Waals surface area contributed by atoms with E-state index in [2.05, 4.69) is 18.7 Å². The van der Waals surface area contributed by atoms with E-state index in [1.807, 2.05) is 0 Å². The van der Waals surface area contributed by atoms with Crippen molar-refractivity contribution >= 4 is 8.80 Å². The molecule has 0 nitrogen and oxygen atoms in total. The molecule has 0 spiro atoms. The molecule has 1 radical (unpaired) electrons. The lowest BCUT2D eigenvalue weighted by Gasteiger charge is -2.07. The first-order valence-corrected chi connectivity index (χ1v) is 5.27. The fourth-order valence-corrected chi connectivity index (χ4v) is 2.27. The highest BCUT2D eigenvalue weighted by molar-refractivity contribution is 6.58. The minimum Gasteiger partial charge on any atom is -0.0914 e. The predicted molar refractivity (Wildman–Crippen MR) is 35.0 cm³/mol. The number of hydrogen-bond acceptors (Lipinski definition) is 0. The smallest absolute Gasteiger partial charge is 0.0488 e. The van der Waals surface area contributed by atoms with E-state index in [0.29, 0.717) is 0 Å². The van der Waals surface area contributed by atoms with Crippen LogP contribution in [-0.2, 0) is 0 Å². The van der Waals surface area contributed by atoms with Gasteiger partial charge in [0.1, 0.15) is 0 Å². The second-order valence-corrected chi connectivity index (χ2v) is 4.99. The van der Waals surface area contributed by atoms with Crippen molar-refractivity contribution < 1.29 is 0 Å². The highest BCUT2D eigenvalue weighted by Crippen LogP contribution is 2.10. The normalized spacial score (nSPS) is 23.0. The summed E-state index contributed by atoms with van der Waals surface area (Å²) in [5.41, 5.74) is 0. The van der Waals surface area contributed by atoms with Crippen molar-refractivity contribution in [2.75, 3.05) is 0 Å². The average molecular weight is 111 g/mol. The maximum Gasteiger partial charge on any atom is 0.0488 e. The Kier molecular flexibility index (Phi) is 1.68. The molecule has 0 fully saturated rings. The SMILES string of the molecule is C[Si]1CC=CCC1. The molecule has 0 atom stereocenters. The van der Waals surface area contributed by atoms with Crippen LogP contribution in [0, 0.1) is 0 Å². The monoisotopic (exact) mass is 111 g/mol. The molecule has 0 bridgehead atoms. The summed E-state index contributed by atoms with van der Waals surface area (Å²) in [6, 6.07) is 2.91. The van der Waals surface area contributed by atoms with Crippen LogP contribution < -0.4 is 0 Å². The Hall–Kier alpha value is -0.0431. The maximum atomic E-state index is 2.41. The Labute approximate surface area is 46.8 Å². The minimum atomic E-state index is 0.120. The van der Waals surface area contributed by atoms with E-state index in [4.69, 9.17) is 0 Å². The molecule has 0 N–H and O–H groups in total. The second kappa shape index (κ2) is 2.31. The fourth-order valence-electron chi connectivity index (χ4n) is 0.834. The van der Waals surface area contributed by atoms with Crippen LogP contribution in [0.5, 0.6) is 0 Å². The van der Waals surface area contributed by atoms with Crippen molar-refractivity contribution in [2.24, 2.45) is 0 Å². The highest BCUT2D eigenvalue weighted by atomic mass is 28.3. The van der Waals surface area contributed by atoms with E-state index in [9.17, 15) is 0 Å². The van der Waals surface area contributed by atoms with Crippen LogP contribution in [0.3, 0.4) is 0 Å². The molecule has 0 saturated carbocycles. The molecule has 1 rings (SSSR count). The largest absolute Gasteiger partial charge is 0.0914 e. The van der Waals surface area contributed by atoms with Crippen LogP contribution in [0.1, 0.15) is 6.42 Å². The summed E-state index contributed by atoms with van der Waals surface area (Å²) < 4.78 is 0. The molecule has 7 heavy (non-hydrogen) atoms. The molecule has 1 heterocycles. The van der Waals surface area contributed by atoms with Crippen LogP contribution in [0.25, 0.3) is 0 Å². The quantitative estimate of drug-likeness (QED) is 0.331. The van der Waals surface area contributed by atoms with Gasteiger partial charge in [-0.15, -0.1) is 0 Å². The standard InChI is InChI=1S/C6H11Si/c1-7-5-3-2-4-6-7/h2-3H,4-6H2,1H3. The third-order valence-electron chi connectivity index (χ3n) is 1.37. The molecule has 1 aliphatic rings. The Morgan fingerprint density at radius 2 is 2.29 bits per heavy atom. The zero-order valence-corrected chi connectivity index (χ0v) is 5.78. The van der Waals surface area contributed by atoms with Crippen molar-refractivity contribution in [1.82, 2.24) is 0 Å². The van der Waals surface area contributed by atoms with Crippen LogP contribution in [0.2, 0.25) is 18.6 Å². The second-order valence-electron chi connectivity index (χ2n) is 2.17. The van der Waals surface area contributed by atoms with Crippen molar-refractivity contribution in [3.63, 3.8) is 0 Å². The third kappa shape index (κ3) is 1.47. The van der Waals surface area contributed by atoms with E-state index >= 15 is 0 Å². The summed E-state index contributed by atoms with van der Waals surface area (Å²) in [7, 11) is 0.120. The molecule has 1 aliphatic heterocycles. The Balaban J connectivity index is 2.32. The molecule has 39 valence electrons. The minimum absolute atomic E-state index is 0.120. The highest BCUT2D eigenvalue weighted by Gasteiger charge is 2.02. The lowest BCUT2D eigenvalue weighted by Crippen LogP contribution is -2.05. The first-order valence-electron chi connectivity index (χ1n) is 2.86. The van der Waals surface area contributed by atoms with Gasteiger partial charge in [-0.3, -0.25) is 0 Å². The van der Waals surface area contributed by atoms with Gasteiger partial charge in [0, 0.05) is 8.80 Å². The fraction of sp³-hybridized carbons (Fsp3) is 0.667. The van der Waals surface area contributed by atoms with Crippen molar-refractivity contribution in [2.45, 2.75) is 25.1 Å². The first-order chi connectivity index (χ1) is 3.39. The summed E-state index contributed by atoms with van der Waals surface area (Å²) in [6.45, 7) is 2.41. The summed E-state index contributed by atoms with van der Waals surface area (Å²) in [5.74, 6) is 0. The van der Waals surface area contributed by atoms with Gasteiger partial charge in [0.05, 0.1) is 0 Å². The zero-order valence-electron chi connectivity index (χ0n) is 4.78. The van der Waals surface area contributed by atoms with Gasteiger partial charge in [-0.2, -0.15) is 0 Å². The number of hydrogen-bond donors (Lipinski definition) is 0. The molecule has 1 heteroatoms. The van der Waals surface area contributed by atoms with Gasteiger partial charge in [0.25, 0.3) is 0 Å². The molecule has 0 unspecified atom stereocenters. The summed E-state index contributed by atoms with van der Waals surface area (Å²) in [6.07, 6.45) is 5.99. The van der Waals surface area contributed by atoms with E-state index in [1.165, 1.54) is 18.5 Å². The predicted octanol–water partition coefficient (Wildman–Crippen LogP) is 2.07. The van der Waals surface area contributed by atoms with Crippen LogP contribution >= 0.6 is 0 Å². The summed E-state index contributed by atoms with van der Waals surface area (Å²) in [5, 5.41) is 0. The molecule has 0 aromatic heterocycles. The van der Waals surface area contributed by atoms with Gasteiger partial charge in [-0.05, 0) is 12.5 Å². The average Bonchev–Trinajstić information content (AvgIpc) is 1.69. The molecule has 0 aliphatic carbocycles. The van der Waals surface area contributed by atoms with Crippen LogP contribution in [0.4, 0.5) is 0 Å². The van der Waals surface area contributed by atoms with Gasteiger partial charge in [0.2, 0.25) is 0 Å². The van der Waals surface area contributed by atoms with Gasteiger partial charge in [-0.25, -0.2) is 0 Å². The molecular weight excluding hydrogens is 100 g/mol. The molecule has 0 aromatic carbocycles. The third-order valence-corrected chi connectivity index (χ3v) is 3.45. The van der Waals surface area contributed by atoms with E-state index in [1.54, 1.807) is 0 Å². The maximum absolute atomic E-state index is 2.41. The van der Waals surface area contributed by atoms with Crippen LogP contribution in [0.15, 0.2) is 12.2 Å². The summed E-state index contributed by atoms with van der Waals surface area (Å²) in [4.78, 5) is 0. The van der Waals surface area contributed by atoms with Gasteiger partial charge < -0.3 is 0 Å². The van der Waals surface area contributed by atoms with Gasteiger partial charge in [-0.1, -0.05) is 24.7 Å². The first kappa shape index (κ1) is 5.10.